The molecule has 2 fully saturated rings. The van der Waals surface area contributed by atoms with Gasteiger partial charge in [0.1, 0.15) is 5.69 Å². The fourth-order valence-electron chi connectivity index (χ4n) is 5.65. The first-order valence-corrected chi connectivity index (χ1v) is 12.8. The lowest BCUT2D eigenvalue weighted by Crippen LogP contribution is -2.55. The van der Waals surface area contributed by atoms with Crippen molar-refractivity contribution in [3.8, 4) is 0 Å². The number of hydrogen-bond acceptors (Lipinski definition) is 8. The van der Waals surface area contributed by atoms with Gasteiger partial charge in [0.05, 0.1) is 17.3 Å². The Morgan fingerprint density at radius 1 is 1.17 bits per heavy atom. The minimum atomic E-state index is -0.533. The molecule has 2 aromatic heterocycles. The fraction of sp³-hybridized carbons (Fsp3) is 0.464. The van der Waals surface area contributed by atoms with Gasteiger partial charge in [-0.1, -0.05) is 19.1 Å². The summed E-state index contributed by atoms with van der Waals surface area (Å²) in [5, 5.41) is 11.2. The Kier molecular flexibility index (Phi) is 6.92. The Hall–Kier alpha value is -3.07. The van der Waals surface area contributed by atoms with Gasteiger partial charge in [0, 0.05) is 60.5 Å². The zero-order valence-electron chi connectivity index (χ0n) is 21.1. The van der Waals surface area contributed by atoms with E-state index in [-0.39, 0.29) is 24.2 Å². The second-order valence-corrected chi connectivity index (χ2v) is 10.6. The number of aromatic nitrogens is 2. The van der Waals surface area contributed by atoms with Gasteiger partial charge in [-0.2, -0.15) is 0 Å². The molecule has 2 saturated heterocycles. The van der Waals surface area contributed by atoms with E-state index < -0.39 is 6.10 Å². The van der Waals surface area contributed by atoms with Crippen molar-refractivity contribution in [2.24, 2.45) is 11.7 Å². The zero-order chi connectivity index (χ0) is 25.4. The summed E-state index contributed by atoms with van der Waals surface area (Å²) < 4.78 is 0. The molecule has 8 heteroatoms. The molecule has 0 radical (unpaired) electrons. The minimum absolute atomic E-state index is 0.0297. The molecule has 2 aliphatic rings. The molecule has 1 aromatic carbocycles. The molecule has 0 saturated carbocycles. The maximum atomic E-state index is 13.5. The number of aliphatic hydroxyl groups excluding tert-OH is 1. The standard InChI is InChI=1S/C28H36N6O2/c1-17-15-34(16-23(30)28(17)36)25-5-8-31-14-21(25)13-26(35)27-22(29)11-20-4-3-19(12-24(20)32-27)18-6-9-33(2)10-7-18/h3-5,8,11-12,14,17-18,23,28,36H,6-7,9-10,13,15-16,29-30H2,1-2H3/t17-,23+,28+/m0/s1. The van der Waals surface area contributed by atoms with Crippen LogP contribution in [0.4, 0.5) is 11.4 Å². The van der Waals surface area contributed by atoms with Gasteiger partial charge in [-0.3, -0.25) is 9.78 Å². The third-order valence-electron chi connectivity index (χ3n) is 7.86. The maximum Gasteiger partial charge on any atom is 0.187 e. The molecule has 0 unspecified atom stereocenters. The van der Waals surface area contributed by atoms with E-state index in [2.05, 4.69) is 40.0 Å². The Balaban J connectivity index is 1.40. The molecule has 36 heavy (non-hydrogen) atoms. The number of nitrogen functional groups attached to an aromatic ring is 1. The number of benzene rings is 1. The van der Waals surface area contributed by atoms with Crippen LogP contribution < -0.4 is 16.4 Å². The molecule has 0 aliphatic carbocycles. The number of piperidine rings is 2. The topological polar surface area (TPSA) is 122 Å². The van der Waals surface area contributed by atoms with Gasteiger partial charge in [-0.25, -0.2) is 4.98 Å². The molecule has 0 bridgehead atoms. The van der Waals surface area contributed by atoms with Crippen LogP contribution in [0, 0.1) is 5.92 Å². The van der Waals surface area contributed by atoms with Crippen molar-refractivity contribution in [1.82, 2.24) is 14.9 Å². The molecule has 0 amide bonds. The van der Waals surface area contributed by atoms with Crippen molar-refractivity contribution >= 4 is 28.1 Å². The number of anilines is 2. The smallest absolute Gasteiger partial charge is 0.187 e. The van der Waals surface area contributed by atoms with Crippen LogP contribution >= 0.6 is 0 Å². The summed E-state index contributed by atoms with van der Waals surface area (Å²) in [6, 6.07) is 9.77. The van der Waals surface area contributed by atoms with E-state index in [0.29, 0.717) is 30.4 Å². The first-order valence-electron chi connectivity index (χ1n) is 12.8. The molecular weight excluding hydrogens is 452 g/mol. The van der Waals surface area contributed by atoms with Crippen LogP contribution in [-0.4, -0.2) is 71.1 Å². The van der Waals surface area contributed by atoms with Crippen LogP contribution in [0.15, 0.2) is 42.7 Å². The van der Waals surface area contributed by atoms with Gasteiger partial charge in [0.2, 0.25) is 0 Å². The van der Waals surface area contributed by atoms with Gasteiger partial charge < -0.3 is 26.4 Å². The van der Waals surface area contributed by atoms with Crippen molar-refractivity contribution in [2.75, 3.05) is 43.9 Å². The summed E-state index contributed by atoms with van der Waals surface area (Å²) in [6.45, 7) is 5.36. The Bertz CT molecular complexity index is 1240. The van der Waals surface area contributed by atoms with Gasteiger partial charge in [0.25, 0.3) is 0 Å². The van der Waals surface area contributed by atoms with E-state index >= 15 is 0 Å². The average molecular weight is 489 g/mol. The van der Waals surface area contributed by atoms with E-state index in [1.807, 2.05) is 19.1 Å². The van der Waals surface area contributed by atoms with E-state index in [0.717, 1.165) is 48.1 Å². The summed E-state index contributed by atoms with van der Waals surface area (Å²) in [7, 11) is 2.16. The number of nitrogens with zero attached hydrogens (tertiary/aromatic N) is 4. The number of nitrogens with two attached hydrogens (primary N) is 2. The van der Waals surface area contributed by atoms with Crippen molar-refractivity contribution in [1.29, 1.82) is 0 Å². The van der Waals surface area contributed by atoms with Gasteiger partial charge in [-0.05, 0) is 62.7 Å². The lowest BCUT2D eigenvalue weighted by Gasteiger charge is -2.40. The maximum absolute atomic E-state index is 13.5. The number of pyridine rings is 2. The number of carbonyl (C=O) groups excluding carboxylic acids is 1. The summed E-state index contributed by atoms with van der Waals surface area (Å²) in [4.78, 5) is 27.0. The molecule has 0 spiro atoms. The normalized spacial score (nSPS) is 23.8. The molecule has 3 aromatic rings. The third kappa shape index (κ3) is 4.93. The number of rotatable bonds is 5. The van der Waals surface area contributed by atoms with E-state index in [1.165, 1.54) is 5.56 Å². The molecule has 5 N–H and O–H groups in total. The first kappa shape index (κ1) is 24.6. The highest BCUT2D eigenvalue weighted by atomic mass is 16.3. The number of likely N-dealkylation sites (tertiary alicyclic amines) is 1. The van der Waals surface area contributed by atoms with Crippen molar-refractivity contribution in [3.63, 3.8) is 0 Å². The van der Waals surface area contributed by atoms with Gasteiger partial charge >= 0.3 is 0 Å². The van der Waals surface area contributed by atoms with Gasteiger partial charge in [0.15, 0.2) is 5.78 Å². The number of carbonyl (C=O) groups is 1. The van der Waals surface area contributed by atoms with Crippen LogP contribution in [0.3, 0.4) is 0 Å². The molecule has 8 nitrogen and oxygen atoms in total. The number of ketones is 1. The molecule has 4 heterocycles. The summed E-state index contributed by atoms with van der Waals surface area (Å²) in [5.74, 6) is 0.406. The average Bonchev–Trinajstić information content (AvgIpc) is 2.87. The zero-order valence-corrected chi connectivity index (χ0v) is 21.1. The molecular formula is C28H36N6O2. The number of hydrogen-bond donors (Lipinski definition) is 3. The molecule has 3 atom stereocenters. The van der Waals surface area contributed by atoms with Crippen molar-refractivity contribution < 1.29 is 9.90 Å². The second-order valence-electron chi connectivity index (χ2n) is 10.6. The van der Waals surface area contributed by atoms with Crippen LogP contribution in [0.2, 0.25) is 0 Å². The summed E-state index contributed by atoms with van der Waals surface area (Å²) in [6.07, 6.45) is 5.31. The number of Topliss-reactive ketones (excluding diaryl/α,β-unsaturated/α-hetero) is 1. The molecule has 5 rings (SSSR count). The molecule has 2 aliphatic heterocycles. The van der Waals surface area contributed by atoms with Crippen LogP contribution in [0.25, 0.3) is 10.9 Å². The van der Waals surface area contributed by atoms with Crippen LogP contribution in [0.5, 0.6) is 0 Å². The highest BCUT2D eigenvalue weighted by molar-refractivity contribution is 6.03. The highest BCUT2D eigenvalue weighted by Crippen LogP contribution is 2.31. The Labute approximate surface area is 212 Å². The Morgan fingerprint density at radius 3 is 2.69 bits per heavy atom. The largest absolute Gasteiger partial charge is 0.397 e. The third-order valence-corrected chi connectivity index (χ3v) is 7.86. The first-order chi connectivity index (χ1) is 17.3. The summed E-state index contributed by atoms with van der Waals surface area (Å²) >= 11 is 0. The van der Waals surface area contributed by atoms with Crippen LogP contribution in [-0.2, 0) is 6.42 Å². The predicted molar refractivity (Wildman–Crippen MR) is 143 cm³/mol. The fourth-order valence-corrected chi connectivity index (χ4v) is 5.65. The second kappa shape index (κ2) is 10.1. The van der Waals surface area contributed by atoms with Crippen molar-refractivity contribution in [3.05, 3.63) is 59.5 Å². The SMILES string of the molecule is C[C@H]1CN(c2ccncc2CC(=O)c2nc3cc(C4CCN(C)CC4)ccc3cc2N)C[C@@H](N)[C@@H]1O. The number of fused-ring (bicyclic) bond motifs is 1. The van der Waals surface area contributed by atoms with Crippen LogP contribution in [0.1, 0.15) is 47.3 Å². The number of aliphatic hydroxyl groups is 1. The quantitative estimate of drug-likeness (QED) is 0.469. The van der Waals surface area contributed by atoms with E-state index in [4.69, 9.17) is 16.5 Å². The predicted octanol–water partition coefficient (Wildman–Crippen LogP) is 2.59. The molecule has 190 valence electrons. The lowest BCUT2D eigenvalue weighted by molar-refractivity contribution is 0.0784. The van der Waals surface area contributed by atoms with E-state index in [9.17, 15) is 9.90 Å². The minimum Gasteiger partial charge on any atom is -0.397 e. The summed E-state index contributed by atoms with van der Waals surface area (Å²) in [5.41, 5.74) is 17.0. The highest BCUT2D eigenvalue weighted by Gasteiger charge is 2.32. The Morgan fingerprint density at radius 2 is 1.94 bits per heavy atom. The monoisotopic (exact) mass is 488 g/mol. The van der Waals surface area contributed by atoms with Gasteiger partial charge in [-0.15, -0.1) is 0 Å². The van der Waals surface area contributed by atoms with Crippen molar-refractivity contribution in [2.45, 2.75) is 44.2 Å². The lowest BCUT2D eigenvalue weighted by atomic mass is 9.89. The van der Waals surface area contributed by atoms with E-state index in [1.54, 1.807) is 12.4 Å².